The molecule has 2 aromatic carbocycles. The second-order valence-electron chi connectivity index (χ2n) is 5.45. The molecule has 0 atom stereocenters. The first-order valence-electron chi connectivity index (χ1n) is 7.76. The highest BCUT2D eigenvalue weighted by Crippen LogP contribution is 2.20. The highest BCUT2D eigenvalue weighted by Gasteiger charge is 2.09. The van der Waals surface area contributed by atoms with Crippen molar-refractivity contribution in [2.45, 2.75) is 0 Å². The number of hydrazone groups is 1. The number of hydrogen-bond acceptors (Lipinski definition) is 6. The molecule has 2 N–H and O–H groups in total. The van der Waals surface area contributed by atoms with Gasteiger partial charge in [-0.3, -0.25) is 5.43 Å². The SMILES string of the molecule is Oc1ccc(Br)cc1/C=N/Nc1ccc2nnc(-c3ccccc3)n2n1. The molecule has 0 fully saturated rings. The van der Waals surface area contributed by atoms with E-state index in [1.165, 1.54) is 6.21 Å². The molecule has 0 aliphatic heterocycles. The zero-order valence-electron chi connectivity index (χ0n) is 13.4. The highest BCUT2D eigenvalue weighted by molar-refractivity contribution is 9.10. The van der Waals surface area contributed by atoms with E-state index in [2.05, 4.69) is 41.8 Å². The fraction of sp³-hybridized carbons (Fsp3) is 0. The van der Waals surface area contributed by atoms with E-state index < -0.39 is 0 Å². The molecule has 0 spiro atoms. The lowest BCUT2D eigenvalue weighted by Crippen LogP contribution is -2.00. The van der Waals surface area contributed by atoms with Crippen molar-refractivity contribution in [1.29, 1.82) is 0 Å². The van der Waals surface area contributed by atoms with Gasteiger partial charge in [0, 0.05) is 15.6 Å². The maximum atomic E-state index is 9.83. The molecular formula is C18H13BrN6O. The first kappa shape index (κ1) is 16.2. The van der Waals surface area contributed by atoms with Gasteiger partial charge in [-0.25, -0.2) is 0 Å². The molecule has 4 rings (SSSR count). The molecule has 7 nitrogen and oxygen atoms in total. The minimum absolute atomic E-state index is 0.146. The average Bonchev–Trinajstić information content (AvgIpc) is 3.08. The van der Waals surface area contributed by atoms with Crippen LogP contribution in [0.4, 0.5) is 5.82 Å². The molecule has 0 bridgehead atoms. The quantitative estimate of drug-likeness (QED) is 0.397. The number of aromatic nitrogens is 4. The fourth-order valence-electron chi connectivity index (χ4n) is 2.41. The van der Waals surface area contributed by atoms with E-state index in [4.69, 9.17) is 0 Å². The van der Waals surface area contributed by atoms with Gasteiger partial charge in [0.2, 0.25) is 0 Å². The van der Waals surface area contributed by atoms with Crippen LogP contribution >= 0.6 is 15.9 Å². The molecule has 0 radical (unpaired) electrons. The van der Waals surface area contributed by atoms with Crippen LogP contribution in [0.15, 0.2) is 70.2 Å². The lowest BCUT2D eigenvalue weighted by molar-refractivity contribution is 0.474. The minimum Gasteiger partial charge on any atom is -0.507 e. The van der Waals surface area contributed by atoms with E-state index in [9.17, 15) is 5.11 Å². The molecule has 0 aliphatic rings. The Bertz CT molecular complexity index is 1090. The summed E-state index contributed by atoms with van der Waals surface area (Å²) in [5, 5.41) is 26.8. The molecular weight excluding hydrogens is 396 g/mol. The number of rotatable bonds is 4. The summed E-state index contributed by atoms with van der Waals surface area (Å²) in [4.78, 5) is 0. The van der Waals surface area contributed by atoms with Crippen molar-refractivity contribution in [3.63, 3.8) is 0 Å². The predicted molar refractivity (Wildman–Crippen MR) is 103 cm³/mol. The molecule has 8 heteroatoms. The summed E-state index contributed by atoms with van der Waals surface area (Å²) in [6.07, 6.45) is 1.52. The number of anilines is 1. The van der Waals surface area contributed by atoms with Crippen molar-refractivity contribution >= 4 is 33.6 Å². The number of nitrogens with zero attached hydrogens (tertiary/aromatic N) is 5. The van der Waals surface area contributed by atoms with Crippen molar-refractivity contribution in [3.05, 3.63) is 70.7 Å². The van der Waals surface area contributed by atoms with Gasteiger partial charge < -0.3 is 5.11 Å². The summed E-state index contributed by atoms with van der Waals surface area (Å²) >= 11 is 3.36. The Balaban J connectivity index is 1.61. The summed E-state index contributed by atoms with van der Waals surface area (Å²) in [7, 11) is 0. The number of phenolic OH excluding ortho intramolecular Hbond substituents is 1. The van der Waals surface area contributed by atoms with Crippen LogP contribution in [-0.2, 0) is 0 Å². The standard InChI is InChI=1S/C18H13BrN6O/c19-14-6-7-15(26)13(10-14)11-20-21-16-8-9-17-22-23-18(25(17)24-16)12-4-2-1-3-5-12/h1-11,26H,(H,21,24)/b20-11+. The fourth-order valence-corrected chi connectivity index (χ4v) is 2.79. The molecule has 26 heavy (non-hydrogen) atoms. The van der Waals surface area contributed by atoms with Crippen LogP contribution in [0.5, 0.6) is 5.75 Å². The van der Waals surface area contributed by atoms with Crippen LogP contribution in [0, 0.1) is 0 Å². The smallest absolute Gasteiger partial charge is 0.185 e. The molecule has 128 valence electrons. The van der Waals surface area contributed by atoms with Gasteiger partial charge in [0.1, 0.15) is 5.75 Å². The number of nitrogens with one attached hydrogen (secondary N) is 1. The van der Waals surface area contributed by atoms with Gasteiger partial charge in [-0.1, -0.05) is 46.3 Å². The monoisotopic (exact) mass is 408 g/mol. The van der Waals surface area contributed by atoms with E-state index in [0.29, 0.717) is 22.9 Å². The number of phenols is 1. The predicted octanol–water partition coefficient (Wildman–Crippen LogP) is 3.71. The van der Waals surface area contributed by atoms with Crippen molar-refractivity contribution in [2.24, 2.45) is 5.10 Å². The largest absolute Gasteiger partial charge is 0.507 e. The number of hydrogen-bond donors (Lipinski definition) is 2. The van der Waals surface area contributed by atoms with Crippen LogP contribution in [0.3, 0.4) is 0 Å². The Morgan fingerprint density at radius 2 is 1.88 bits per heavy atom. The lowest BCUT2D eigenvalue weighted by atomic mass is 10.2. The lowest BCUT2D eigenvalue weighted by Gasteiger charge is -2.03. The van der Waals surface area contributed by atoms with E-state index in [1.54, 1.807) is 34.8 Å². The molecule has 2 heterocycles. The molecule has 0 saturated carbocycles. The Labute approximate surface area is 157 Å². The molecule has 2 aromatic heterocycles. The van der Waals surface area contributed by atoms with E-state index in [1.807, 2.05) is 30.3 Å². The average molecular weight is 409 g/mol. The van der Waals surface area contributed by atoms with E-state index in [-0.39, 0.29) is 5.75 Å². The zero-order valence-corrected chi connectivity index (χ0v) is 15.0. The third-order valence-electron chi connectivity index (χ3n) is 3.67. The van der Waals surface area contributed by atoms with Crippen molar-refractivity contribution in [2.75, 3.05) is 5.43 Å². The first-order valence-corrected chi connectivity index (χ1v) is 8.55. The summed E-state index contributed by atoms with van der Waals surface area (Å²) in [6, 6.07) is 18.4. The molecule has 0 saturated heterocycles. The van der Waals surface area contributed by atoms with Gasteiger partial charge in [-0.2, -0.15) is 9.62 Å². The molecule has 0 amide bonds. The maximum Gasteiger partial charge on any atom is 0.185 e. The number of benzene rings is 2. The van der Waals surface area contributed by atoms with Crippen molar-refractivity contribution in [3.8, 4) is 17.1 Å². The maximum absolute atomic E-state index is 9.83. The second-order valence-corrected chi connectivity index (χ2v) is 6.37. The first-order chi connectivity index (χ1) is 12.7. The van der Waals surface area contributed by atoms with Gasteiger partial charge in [0.15, 0.2) is 17.3 Å². The van der Waals surface area contributed by atoms with Gasteiger partial charge >= 0.3 is 0 Å². The summed E-state index contributed by atoms with van der Waals surface area (Å²) in [5.41, 5.74) is 5.01. The van der Waals surface area contributed by atoms with Gasteiger partial charge in [-0.05, 0) is 30.3 Å². The molecule has 0 aliphatic carbocycles. The van der Waals surface area contributed by atoms with Crippen LogP contribution in [0.25, 0.3) is 17.0 Å². The van der Waals surface area contributed by atoms with Crippen LogP contribution in [0.1, 0.15) is 5.56 Å². The summed E-state index contributed by atoms with van der Waals surface area (Å²) in [5.74, 6) is 1.32. The van der Waals surface area contributed by atoms with Gasteiger partial charge in [0.25, 0.3) is 0 Å². The third kappa shape index (κ3) is 3.27. The molecule has 4 aromatic rings. The van der Waals surface area contributed by atoms with Crippen molar-refractivity contribution in [1.82, 2.24) is 19.8 Å². The number of halogens is 1. The minimum atomic E-state index is 0.146. The topological polar surface area (TPSA) is 87.7 Å². The van der Waals surface area contributed by atoms with E-state index >= 15 is 0 Å². The van der Waals surface area contributed by atoms with Gasteiger partial charge in [0.05, 0.1) is 6.21 Å². The highest BCUT2D eigenvalue weighted by atomic mass is 79.9. The van der Waals surface area contributed by atoms with Crippen LogP contribution in [-0.4, -0.2) is 31.1 Å². The van der Waals surface area contributed by atoms with Crippen LogP contribution < -0.4 is 5.43 Å². The third-order valence-corrected chi connectivity index (χ3v) is 4.16. The second kappa shape index (κ2) is 6.93. The van der Waals surface area contributed by atoms with E-state index in [0.717, 1.165) is 10.0 Å². The molecule has 0 unspecified atom stereocenters. The Morgan fingerprint density at radius 1 is 1.04 bits per heavy atom. The Morgan fingerprint density at radius 3 is 2.73 bits per heavy atom. The summed E-state index contributed by atoms with van der Waals surface area (Å²) < 4.78 is 2.51. The normalized spacial score (nSPS) is 11.3. The van der Waals surface area contributed by atoms with Gasteiger partial charge in [-0.15, -0.1) is 15.3 Å². The number of fused-ring (bicyclic) bond motifs is 1. The Hall–Kier alpha value is -3.26. The van der Waals surface area contributed by atoms with Crippen LogP contribution in [0.2, 0.25) is 0 Å². The zero-order chi connectivity index (χ0) is 17.9. The Kier molecular flexibility index (Phi) is 4.32. The summed E-state index contributed by atoms with van der Waals surface area (Å²) in [6.45, 7) is 0. The number of aromatic hydroxyl groups is 1. The van der Waals surface area contributed by atoms with Crippen molar-refractivity contribution < 1.29 is 5.11 Å².